The standard InChI is InChI=1S/C37H63N2O3/c1-24(2)11-10-12-25(3)30-15-16-31-29-14-13-26-21-28(17-19-36(26,8)32(29)18-20-37(30,31)9)42-33(40)38-27-22-34(4,5)39(41)35(6,7)23-27/h13,24-25,27-32H,10-12,14-23H2,1-9H3,(H,38,40)/t25-,28?,29+,30-,31+,32+,36+,37-/m1/s1. The summed E-state index contributed by atoms with van der Waals surface area (Å²) in [5, 5.41) is 17.1. The minimum absolute atomic E-state index is 0.0408. The van der Waals surface area contributed by atoms with Gasteiger partial charge in [0.2, 0.25) is 0 Å². The maximum Gasteiger partial charge on any atom is 0.407 e. The van der Waals surface area contributed by atoms with Crippen molar-refractivity contribution in [2.75, 3.05) is 0 Å². The normalized spacial score (nSPS) is 40.5. The van der Waals surface area contributed by atoms with Gasteiger partial charge in [0.1, 0.15) is 6.10 Å². The van der Waals surface area contributed by atoms with E-state index in [1.807, 2.05) is 27.7 Å². The highest BCUT2D eigenvalue weighted by molar-refractivity contribution is 5.68. The van der Waals surface area contributed by atoms with Crippen LogP contribution in [0.2, 0.25) is 0 Å². The Labute approximate surface area is 257 Å². The number of nitrogens with one attached hydrogen (secondary N) is 1. The lowest BCUT2D eigenvalue weighted by molar-refractivity contribution is -0.289. The van der Waals surface area contributed by atoms with E-state index in [2.05, 4.69) is 46.0 Å². The van der Waals surface area contributed by atoms with Gasteiger partial charge in [-0.3, -0.25) is 0 Å². The zero-order valence-corrected chi connectivity index (χ0v) is 28.6. The smallest absolute Gasteiger partial charge is 0.407 e. The second-order valence-corrected chi connectivity index (χ2v) is 17.7. The molecule has 42 heavy (non-hydrogen) atoms. The predicted octanol–water partition coefficient (Wildman–Crippen LogP) is 9.49. The molecule has 5 aliphatic rings. The first-order valence-electron chi connectivity index (χ1n) is 17.7. The lowest BCUT2D eigenvalue weighted by atomic mass is 9.47. The van der Waals surface area contributed by atoms with Gasteiger partial charge in [0.15, 0.2) is 0 Å². The van der Waals surface area contributed by atoms with E-state index in [-0.39, 0.29) is 23.7 Å². The zero-order chi connectivity index (χ0) is 30.7. The van der Waals surface area contributed by atoms with E-state index in [1.54, 1.807) is 5.57 Å². The van der Waals surface area contributed by atoms with Crippen molar-refractivity contribution in [3.05, 3.63) is 11.6 Å². The van der Waals surface area contributed by atoms with Crippen LogP contribution in [0.5, 0.6) is 0 Å². The van der Waals surface area contributed by atoms with Gasteiger partial charge in [0.25, 0.3) is 0 Å². The molecule has 1 radical (unpaired) electrons. The van der Waals surface area contributed by atoms with Crippen molar-refractivity contribution in [1.82, 2.24) is 10.4 Å². The molecular weight excluding hydrogens is 520 g/mol. The van der Waals surface area contributed by atoms with Gasteiger partial charge >= 0.3 is 6.09 Å². The van der Waals surface area contributed by atoms with Gasteiger partial charge in [-0.1, -0.05) is 65.5 Å². The summed E-state index contributed by atoms with van der Waals surface area (Å²) in [6.45, 7) is 20.4. The molecule has 0 aromatic rings. The summed E-state index contributed by atoms with van der Waals surface area (Å²) in [6.07, 6.45) is 17.5. The molecule has 5 rings (SSSR count). The van der Waals surface area contributed by atoms with Crippen LogP contribution in [0.25, 0.3) is 0 Å². The zero-order valence-electron chi connectivity index (χ0n) is 28.6. The van der Waals surface area contributed by atoms with Gasteiger partial charge in [-0.05, 0) is 132 Å². The van der Waals surface area contributed by atoms with Gasteiger partial charge < -0.3 is 10.1 Å². The number of alkyl carbamates (subject to hydrolysis) is 1. The highest BCUT2D eigenvalue weighted by atomic mass is 16.6. The Bertz CT molecular complexity index is 1000. The average molecular weight is 584 g/mol. The Hall–Kier alpha value is -1.07. The Morgan fingerprint density at radius 3 is 2.31 bits per heavy atom. The number of amides is 1. The van der Waals surface area contributed by atoms with Crippen molar-refractivity contribution < 1.29 is 14.7 Å². The maximum absolute atomic E-state index is 13.1. The van der Waals surface area contributed by atoms with E-state index in [0.717, 1.165) is 54.8 Å². The summed E-state index contributed by atoms with van der Waals surface area (Å²) >= 11 is 0. The molecule has 8 atom stereocenters. The molecule has 4 aliphatic carbocycles. The van der Waals surface area contributed by atoms with E-state index in [9.17, 15) is 10.0 Å². The van der Waals surface area contributed by atoms with E-state index >= 15 is 0 Å². The molecular formula is C37H63N2O3. The Kier molecular flexibility index (Phi) is 9.00. The van der Waals surface area contributed by atoms with Crippen LogP contribution >= 0.6 is 0 Å². The molecule has 0 bridgehead atoms. The number of hydrogen-bond donors (Lipinski definition) is 1. The fraction of sp³-hybridized carbons (Fsp3) is 0.919. The largest absolute Gasteiger partial charge is 0.446 e. The third-order valence-corrected chi connectivity index (χ3v) is 13.4. The molecule has 4 fully saturated rings. The van der Waals surface area contributed by atoms with Crippen molar-refractivity contribution >= 4 is 6.09 Å². The molecule has 1 saturated heterocycles. The average Bonchev–Trinajstić information content (AvgIpc) is 3.24. The Morgan fingerprint density at radius 1 is 0.952 bits per heavy atom. The molecule has 0 spiro atoms. The molecule has 1 heterocycles. The molecule has 5 heteroatoms. The maximum atomic E-state index is 13.1. The molecule has 5 nitrogen and oxygen atoms in total. The quantitative estimate of drug-likeness (QED) is 0.304. The number of fused-ring (bicyclic) bond motifs is 5. The summed E-state index contributed by atoms with van der Waals surface area (Å²) in [5.74, 6) is 5.04. The first-order chi connectivity index (χ1) is 19.6. The number of rotatable bonds is 7. The number of hydrogen-bond acceptors (Lipinski definition) is 3. The van der Waals surface area contributed by atoms with Crippen molar-refractivity contribution in [1.29, 1.82) is 0 Å². The molecule has 1 unspecified atom stereocenters. The van der Waals surface area contributed by atoms with Crippen molar-refractivity contribution in [3.8, 4) is 0 Å². The Morgan fingerprint density at radius 2 is 1.64 bits per heavy atom. The topological polar surface area (TPSA) is 61.5 Å². The fourth-order valence-electron chi connectivity index (χ4n) is 11.5. The van der Waals surface area contributed by atoms with E-state index < -0.39 is 11.1 Å². The summed E-state index contributed by atoms with van der Waals surface area (Å²) in [7, 11) is 0. The third kappa shape index (κ3) is 5.96. The minimum Gasteiger partial charge on any atom is -0.446 e. The number of hydroxylamine groups is 2. The van der Waals surface area contributed by atoms with Crippen molar-refractivity contribution in [2.45, 2.75) is 169 Å². The highest BCUT2D eigenvalue weighted by Crippen LogP contribution is 2.67. The van der Waals surface area contributed by atoms with Gasteiger partial charge in [0.05, 0.1) is 0 Å². The SMILES string of the molecule is CC(C)CCC[C@@H](C)[C@H]1CC[C@H]2[C@@H]3CC=C4CC(OC(=O)NC5CC(C)(C)N([O])C(C)(C)C5)CC[C@]4(C)[C@H]3CC[C@]12C. The Balaban J connectivity index is 1.19. The summed E-state index contributed by atoms with van der Waals surface area (Å²) in [5.41, 5.74) is 1.34. The molecule has 0 aromatic heterocycles. The number of carbonyl (C=O) groups excluding carboxylic acids is 1. The van der Waals surface area contributed by atoms with E-state index in [1.165, 1.54) is 56.4 Å². The predicted molar refractivity (Wildman–Crippen MR) is 170 cm³/mol. The van der Waals surface area contributed by atoms with Crippen LogP contribution in [-0.4, -0.2) is 34.4 Å². The van der Waals surface area contributed by atoms with Crippen LogP contribution in [0.15, 0.2) is 11.6 Å². The number of ether oxygens (including phenoxy) is 1. The second-order valence-electron chi connectivity index (χ2n) is 17.7. The summed E-state index contributed by atoms with van der Waals surface area (Å²) < 4.78 is 6.08. The van der Waals surface area contributed by atoms with Gasteiger partial charge in [-0.15, -0.1) is 10.3 Å². The highest BCUT2D eigenvalue weighted by Gasteiger charge is 2.59. The molecule has 1 N–H and O–H groups in total. The fourth-order valence-corrected chi connectivity index (χ4v) is 11.5. The molecule has 1 aliphatic heterocycles. The molecule has 1 amide bonds. The second kappa shape index (κ2) is 11.7. The van der Waals surface area contributed by atoms with Crippen LogP contribution in [0.3, 0.4) is 0 Å². The van der Waals surface area contributed by atoms with Crippen LogP contribution in [0.4, 0.5) is 4.79 Å². The monoisotopic (exact) mass is 583 g/mol. The van der Waals surface area contributed by atoms with Crippen LogP contribution in [-0.2, 0) is 9.94 Å². The molecule has 0 aromatic carbocycles. The number of piperidine rings is 1. The molecule has 3 saturated carbocycles. The van der Waals surface area contributed by atoms with Gasteiger partial charge in [0, 0.05) is 23.5 Å². The number of carbonyl (C=O) groups is 1. The lowest BCUT2D eigenvalue weighted by Gasteiger charge is -2.58. The van der Waals surface area contributed by atoms with Gasteiger partial charge in [-0.25, -0.2) is 4.79 Å². The van der Waals surface area contributed by atoms with Crippen LogP contribution in [0, 0.1) is 46.3 Å². The van der Waals surface area contributed by atoms with E-state index in [0.29, 0.717) is 18.3 Å². The first kappa shape index (κ1) is 32.3. The number of allylic oxidation sites excluding steroid dienone is 1. The van der Waals surface area contributed by atoms with Crippen molar-refractivity contribution in [2.24, 2.45) is 46.3 Å². The minimum atomic E-state index is -0.503. The first-order valence-corrected chi connectivity index (χ1v) is 17.7. The van der Waals surface area contributed by atoms with Crippen molar-refractivity contribution in [3.63, 3.8) is 0 Å². The van der Waals surface area contributed by atoms with E-state index in [4.69, 9.17) is 4.74 Å². The third-order valence-electron chi connectivity index (χ3n) is 13.4. The number of nitrogens with zero attached hydrogens (tertiary/aromatic N) is 1. The van der Waals surface area contributed by atoms with Crippen LogP contribution in [0.1, 0.15) is 146 Å². The molecule has 239 valence electrons. The summed E-state index contributed by atoms with van der Waals surface area (Å²) in [6, 6.07) is -0.0408. The summed E-state index contributed by atoms with van der Waals surface area (Å²) in [4.78, 5) is 13.1. The lowest BCUT2D eigenvalue weighted by Crippen LogP contribution is -2.62. The van der Waals surface area contributed by atoms with Gasteiger partial charge in [-0.2, -0.15) is 0 Å². The van der Waals surface area contributed by atoms with Crippen LogP contribution < -0.4 is 5.32 Å².